The van der Waals surface area contributed by atoms with Crippen molar-refractivity contribution in [2.24, 2.45) is 23.3 Å². The fourth-order valence-electron chi connectivity index (χ4n) is 15.3. The number of phenolic OH excluding ortho intramolecular Hbond substituents is 1. The minimum Gasteiger partial charge on any atom is -0.508 e. The predicted octanol–water partition coefficient (Wildman–Crippen LogP) is 5.07. The predicted molar refractivity (Wildman–Crippen MR) is 485 cm³/mol. The van der Waals surface area contributed by atoms with Crippen LogP contribution in [-0.2, 0) is 97.4 Å². The van der Waals surface area contributed by atoms with Gasteiger partial charge in [0.1, 0.15) is 82.7 Å². The molecule has 0 aromatic heterocycles. The number of alkyl carbamates (subject to hydrolysis) is 1. The summed E-state index contributed by atoms with van der Waals surface area (Å²) in [5.41, 5.74) is 13.9. The van der Waals surface area contributed by atoms with Crippen LogP contribution in [0, 0.1) is 11.8 Å². The average Bonchev–Trinajstić information content (AvgIpc) is 1.57. The number of ketones is 1. The minimum absolute atomic E-state index is 0.0369. The summed E-state index contributed by atoms with van der Waals surface area (Å²) in [5, 5.41) is 58.0. The molecule has 5 aliphatic rings. The highest BCUT2D eigenvalue weighted by molar-refractivity contribution is 8.77. The Morgan fingerprint density at radius 3 is 2.24 bits per heavy atom. The van der Waals surface area contributed by atoms with E-state index in [1.165, 1.54) is 59.2 Å². The maximum Gasteiger partial charge on any atom is 0.409 e. The topological polar surface area (TPSA) is 499 Å². The molecule has 4 aromatic rings. The monoisotopic (exact) mass is 1850 g/mol. The highest BCUT2D eigenvalue weighted by Gasteiger charge is 2.65. The van der Waals surface area contributed by atoms with Crippen LogP contribution in [0.15, 0.2) is 121 Å². The number of aliphatic hydroxyl groups excluding tert-OH is 1. The van der Waals surface area contributed by atoms with Gasteiger partial charge in [-0.05, 0) is 137 Å². The first-order valence-corrected chi connectivity index (χ1v) is 47.3. The van der Waals surface area contributed by atoms with E-state index in [0.717, 1.165) is 64.8 Å². The molecule has 34 nitrogen and oxygen atoms in total. The van der Waals surface area contributed by atoms with E-state index in [4.69, 9.17) is 46.8 Å². The molecule has 9 rings (SSSR count). The second-order valence-electron chi connectivity index (χ2n) is 32.3. The first kappa shape index (κ1) is 101. The smallest absolute Gasteiger partial charge is 0.409 e. The molecule has 12 amide bonds. The summed E-state index contributed by atoms with van der Waals surface area (Å²) in [6.07, 6.45) is -0.0617. The Balaban J connectivity index is 0.931. The number of benzene rings is 4. The number of ether oxygens (including phenoxy) is 5. The highest BCUT2D eigenvalue weighted by Crippen LogP contribution is 2.50. The number of hydrogen-bond donors (Lipinski definition) is 14. The van der Waals surface area contributed by atoms with Crippen LogP contribution < -0.4 is 69.0 Å². The summed E-state index contributed by atoms with van der Waals surface area (Å²) >= 11 is 6.90. The van der Waals surface area contributed by atoms with Gasteiger partial charge in [-0.25, -0.2) is 14.4 Å². The number of hydrogen-bond acceptors (Lipinski definition) is 26. The molecule has 3 fully saturated rings. The lowest BCUT2D eigenvalue weighted by atomic mass is 9.83. The largest absolute Gasteiger partial charge is 0.508 e. The molecule has 3 saturated heterocycles. The number of amides is 12. The maximum atomic E-state index is 15.4. The third-order valence-corrected chi connectivity index (χ3v) is 28.1. The highest BCUT2D eigenvalue weighted by atomic mass is 35.5. The Hall–Kier alpha value is -9.90. The molecule has 0 radical (unpaired) electrons. The van der Waals surface area contributed by atoms with Gasteiger partial charge in [-0.3, -0.25) is 53.3 Å². The van der Waals surface area contributed by atoms with E-state index in [1.54, 1.807) is 87.5 Å². The van der Waals surface area contributed by atoms with Crippen molar-refractivity contribution in [3.05, 3.63) is 154 Å². The molecule has 4 heterocycles. The fourth-order valence-corrected chi connectivity index (χ4v) is 20.1. The number of aromatic hydroxyl groups is 1. The molecular weight excluding hydrogens is 1740 g/mol. The lowest BCUT2D eigenvalue weighted by Gasteiger charge is -2.42. The van der Waals surface area contributed by atoms with Crippen molar-refractivity contribution >= 4 is 143 Å². The Morgan fingerprint density at radius 1 is 0.843 bits per heavy atom. The van der Waals surface area contributed by atoms with Crippen LogP contribution in [0.4, 0.5) is 15.3 Å². The van der Waals surface area contributed by atoms with Crippen molar-refractivity contribution in [3.63, 3.8) is 0 Å². The van der Waals surface area contributed by atoms with Gasteiger partial charge in [-0.15, -0.1) is 0 Å². The third-order valence-electron chi connectivity index (χ3n) is 22.9. The zero-order valence-electron chi connectivity index (χ0n) is 72.6. The van der Waals surface area contributed by atoms with Crippen LogP contribution in [-0.4, -0.2) is 252 Å². The SMILES string of the molecule is CCNC(=O)N[C@H](Cc1ccccc1)C(=O)N[C@H]1CSSC[C@@H](C(=O)N[C@@H](CSSCCC(=O)N(C)[C@@H](C)C(=O)O[C@H]2CC(=O)N(C)c3cc(cc(OC)c3Cl)C/C(C)=C/C=C/[C@@H](OC)[C@@]3(O)C[C@H](OC(=O)N3)[C@@H](C)[C@@H]3O[C@@]23C)C(N)=O)NC(=O)[C@H]([C@@H](C)O)NC(=O)[C@H](CCCCN)NC(=O)[C@@H](CC2=CCc3ccccc32)NC(=O)[C@H](Cc2ccc(O)cc2)CC1=O. The van der Waals surface area contributed by atoms with E-state index in [-0.39, 0.29) is 103 Å². The summed E-state index contributed by atoms with van der Waals surface area (Å²) in [7, 11) is 9.72. The summed E-state index contributed by atoms with van der Waals surface area (Å²) in [6, 6.07) is 13.1. The number of unbranched alkanes of at least 4 members (excludes halogenated alkanes) is 1. The van der Waals surface area contributed by atoms with Crippen molar-refractivity contribution < 1.29 is 101 Å². The number of aliphatic hydroxyl groups is 2. The number of anilines is 1. The number of urea groups is 1. The van der Waals surface area contributed by atoms with Crippen molar-refractivity contribution in [1.29, 1.82) is 0 Å². The van der Waals surface area contributed by atoms with Crippen LogP contribution in [0.5, 0.6) is 11.5 Å². The fraction of sp³-hybridized carbons (Fsp3) is 0.511. The Morgan fingerprint density at radius 2 is 1.54 bits per heavy atom. The summed E-state index contributed by atoms with van der Waals surface area (Å²) in [5.74, 6) is -11.8. The van der Waals surface area contributed by atoms with Crippen LogP contribution in [0.3, 0.4) is 0 Å². The second-order valence-corrected chi connectivity index (χ2v) is 37.9. The average molecular weight is 1860 g/mol. The van der Waals surface area contributed by atoms with Gasteiger partial charge in [0.15, 0.2) is 11.5 Å². The molecule has 16 N–H and O–H groups in total. The number of nitrogens with two attached hydrogens (primary N) is 2. The molecular formula is C88H116ClN13O21S4. The molecule has 4 bridgehead atoms. The quantitative estimate of drug-likeness (QED) is 0.0146. The summed E-state index contributed by atoms with van der Waals surface area (Å²) < 4.78 is 29.7. The number of likely N-dealkylation sites (N-methyl/N-ethyl adjacent to an activating group) is 1. The van der Waals surface area contributed by atoms with Crippen molar-refractivity contribution in [1.82, 2.24) is 52.8 Å². The standard InChI is InChI=1S/C88H116ClN13O21S4/c1-11-92-85(116)98-61(38-52-21-13-12-14-22-52)80(111)95-63-45-126-127-47-65(97-83(114)75(51(5)103)99-79(110)60(25-17-18-34-90)93-81(112)62(41-56-30-29-55-23-15-16-24-59(55)56)94-78(109)57(42-67(63)105)37-53-27-31-58(104)32-28-53)82(113)96-64(77(91)108)46-125-124-35-33-72(106)101(7)50(4)84(115)122-71-43-73(107)102(8)66-39-54(40-68(119-9)74(66)89)36-48(2)20-19-26-70(120-10)88(118)44-69(121-86(117)100-88)49(3)76-87(71,6)123-76/h12-16,19-24,26-28,30-32,39-40,49-51,57,60-65,69-71,75-76,103-104,118H,11,17-18,25,29,33-38,41-47,90H2,1-10H3,(H2,91,108)(H,93,112)(H,94,109)(H,95,111)(H,96,113)(H,97,114)(H,99,110)(H,100,117)(H2,92,98,116)/b26-19+,48-20+/t49-,50+,51-,57-,60+,61-,62-,63+,64+,65+,69+,70-,71+,75+,76+,87+,88+/m1/s1. The summed E-state index contributed by atoms with van der Waals surface area (Å²) in [4.78, 5) is 191. The number of halogens is 1. The summed E-state index contributed by atoms with van der Waals surface area (Å²) in [6.45, 7) is 9.95. The molecule has 1 aliphatic carbocycles. The first-order chi connectivity index (χ1) is 60.5. The molecule has 0 spiro atoms. The number of Topliss-reactive ketones (excluding diaryl/α,β-unsaturated/α-hetero) is 1. The molecule has 39 heteroatoms. The number of methoxy groups -OCH3 is 2. The van der Waals surface area contributed by atoms with E-state index < -0.39 is 192 Å². The Labute approximate surface area is 759 Å². The zero-order valence-corrected chi connectivity index (χ0v) is 76.6. The van der Waals surface area contributed by atoms with Crippen molar-refractivity contribution in [3.8, 4) is 11.5 Å². The zero-order chi connectivity index (χ0) is 92.6. The number of epoxide rings is 1. The van der Waals surface area contributed by atoms with Gasteiger partial charge in [0.2, 0.25) is 53.2 Å². The number of rotatable bonds is 29. The number of allylic oxidation sites excluding steroid dienone is 4. The van der Waals surface area contributed by atoms with Gasteiger partial charge in [-0.2, -0.15) is 0 Å². The van der Waals surface area contributed by atoms with E-state index in [9.17, 15) is 63.3 Å². The van der Waals surface area contributed by atoms with Gasteiger partial charge in [0, 0.05) is 94.7 Å². The lowest BCUT2D eigenvalue weighted by Crippen LogP contribution is -2.63. The van der Waals surface area contributed by atoms with Gasteiger partial charge >= 0.3 is 18.1 Å². The molecule has 0 saturated carbocycles. The number of carbonyl (C=O) groups is 13. The molecule has 690 valence electrons. The van der Waals surface area contributed by atoms with E-state index in [0.29, 0.717) is 41.5 Å². The maximum absolute atomic E-state index is 15.4. The molecule has 4 aromatic carbocycles. The minimum atomic E-state index is -1.96. The molecule has 17 atom stereocenters. The first-order valence-electron chi connectivity index (χ1n) is 42.0. The number of nitrogens with zero attached hydrogens (tertiary/aromatic N) is 2. The number of phenols is 1. The second kappa shape index (κ2) is 47.4. The number of carbonyl (C=O) groups excluding carboxylic acids is 13. The van der Waals surface area contributed by atoms with Crippen molar-refractivity contribution in [2.75, 3.05) is 69.3 Å². The molecule has 127 heavy (non-hydrogen) atoms. The van der Waals surface area contributed by atoms with E-state index >= 15 is 14.4 Å². The van der Waals surface area contributed by atoms with Gasteiger partial charge < -0.3 is 103 Å². The van der Waals surface area contributed by atoms with Crippen LogP contribution in [0.1, 0.15) is 121 Å². The third kappa shape index (κ3) is 28.1. The number of fused-ring (bicyclic) bond motifs is 6. The molecule has 4 aliphatic heterocycles. The Bertz CT molecular complexity index is 4710. The van der Waals surface area contributed by atoms with E-state index in [1.807, 2.05) is 43.3 Å². The number of esters is 1. The van der Waals surface area contributed by atoms with Gasteiger partial charge in [0.05, 0.1) is 37.5 Å². The van der Waals surface area contributed by atoms with Crippen LogP contribution in [0.2, 0.25) is 5.02 Å². The Kier molecular flexibility index (Phi) is 37.7. The van der Waals surface area contributed by atoms with Crippen LogP contribution in [0.25, 0.3) is 5.57 Å². The van der Waals surface area contributed by atoms with Crippen molar-refractivity contribution in [2.45, 2.75) is 209 Å². The van der Waals surface area contributed by atoms with Gasteiger partial charge in [0.25, 0.3) is 0 Å². The van der Waals surface area contributed by atoms with E-state index in [2.05, 4.69) is 47.9 Å². The normalized spacial score (nSPS) is 26.2. The number of primary amides is 1. The number of nitrogens with one attached hydrogen (secondary N) is 9. The molecule has 0 unspecified atom stereocenters. The lowest BCUT2D eigenvalue weighted by molar-refractivity contribution is -0.162. The van der Waals surface area contributed by atoms with Gasteiger partial charge in [-0.1, -0.05) is 158 Å². The van der Waals surface area contributed by atoms with Crippen LogP contribution >= 0.6 is 54.8 Å².